The second-order valence-corrected chi connectivity index (χ2v) is 4.12. The van der Waals surface area contributed by atoms with Crippen LogP contribution in [0.3, 0.4) is 0 Å². The van der Waals surface area contributed by atoms with E-state index in [1.54, 1.807) is 0 Å². The number of aliphatic hydroxyl groups is 2. The zero-order valence-electron chi connectivity index (χ0n) is 9.94. The molecule has 1 aromatic rings. The Morgan fingerprint density at radius 2 is 2.06 bits per heavy atom. The number of aryl methyl sites for hydroxylation is 1. The van der Waals surface area contributed by atoms with Crippen molar-refractivity contribution in [3.63, 3.8) is 0 Å². The molecule has 0 fully saturated rings. The topological polar surface area (TPSA) is 78.3 Å². The molecule has 0 aliphatic rings. The van der Waals surface area contributed by atoms with E-state index in [0.29, 0.717) is 5.82 Å². The highest BCUT2D eigenvalue weighted by Gasteiger charge is 2.07. The third-order valence-corrected chi connectivity index (χ3v) is 2.12. The SMILES string of the molecule is Cc1cc(NCC(O)CO)nc(C(C)C)n1. The van der Waals surface area contributed by atoms with Crippen molar-refractivity contribution >= 4 is 5.82 Å². The summed E-state index contributed by atoms with van der Waals surface area (Å²) in [6, 6.07) is 1.82. The molecule has 0 amide bonds. The quantitative estimate of drug-likeness (QED) is 0.686. The fourth-order valence-electron chi connectivity index (χ4n) is 1.23. The number of aromatic nitrogens is 2. The second kappa shape index (κ2) is 5.77. The van der Waals surface area contributed by atoms with Crippen LogP contribution >= 0.6 is 0 Å². The van der Waals surface area contributed by atoms with E-state index in [2.05, 4.69) is 15.3 Å². The van der Waals surface area contributed by atoms with E-state index in [0.717, 1.165) is 11.5 Å². The van der Waals surface area contributed by atoms with Crippen LogP contribution in [0, 0.1) is 6.92 Å². The third-order valence-electron chi connectivity index (χ3n) is 2.12. The number of hydrogen-bond donors (Lipinski definition) is 3. The van der Waals surface area contributed by atoms with Gasteiger partial charge in [0.05, 0.1) is 12.7 Å². The number of nitrogens with zero attached hydrogens (tertiary/aromatic N) is 2. The van der Waals surface area contributed by atoms with Crippen molar-refractivity contribution in [2.45, 2.75) is 32.8 Å². The van der Waals surface area contributed by atoms with Crippen LogP contribution < -0.4 is 5.32 Å². The molecule has 3 N–H and O–H groups in total. The lowest BCUT2D eigenvalue weighted by Crippen LogP contribution is -2.23. The summed E-state index contributed by atoms with van der Waals surface area (Å²) in [6.45, 7) is 5.99. The van der Waals surface area contributed by atoms with Crippen molar-refractivity contribution in [2.24, 2.45) is 0 Å². The van der Waals surface area contributed by atoms with Gasteiger partial charge in [-0.05, 0) is 6.92 Å². The van der Waals surface area contributed by atoms with Crippen LogP contribution in [-0.2, 0) is 0 Å². The third kappa shape index (κ3) is 3.75. The van der Waals surface area contributed by atoms with Crippen LogP contribution in [0.2, 0.25) is 0 Å². The van der Waals surface area contributed by atoms with Crippen LogP contribution in [0.25, 0.3) is 0 Å². The maximum Gasteiger partial charge on any atom is 0.133 e. The standard InChI is InChI=1S/C11H19N3O2/c1-7(2)11-13-8(3)4-10(14-11)12-5-9(16)6-15/h4,7,9,15-16H,5-6H2,1-3H3,(H,12,13,14). The molecular formula is C11H19N3O2. The highest BCUT2D eigenvalue weighted by Crippen LogP contribution is 2.13. The van der Waals surface area contributed by atoms with Gasteiger partial charge in [0.2, 0.25) is 0 Å². The molecular weight excluding hydrogens is 206 g/mol. The smallest absolute Gasteiger partial charge is 0.133 e. The molecule has 0 radical (unpaired) electrons. The maximum absolute atomic E-state index is 9.21. The minimum Gasteiger partial charge on any atom is -0.394 e. The van der Waals surface area contributed by atoms with E-state index in [9.17, 15) is 5.11 Å². The highest BCUT2D eigenvalue weighted by atomic mass is 16.3. The van der Waals surface area contributed by atoms with E-state index in [4.69, 9.17) is 5.11 Å². The summed E-state index contributed by atoms with van der Waals surface area (Å²) in [5.41, 5.74) is 0.889. The summed E-state index contributed by atoms with van der Waals surface area (Å²) in [4.78, 5) is 8.64. The van der Waals surface area contributed by atoms with Crippen LogP contribution in [-0.4, -0.2) is 39.4 Å². The van der Waals surface area contributed by atoms with E-state index in [-0.39, 0.29) is 19.1 Å². The van der Waals surface area contributed by atoms with Crippen molar-refractivity contribution in [2.75, 3.05) is 18.5 Å². The Morgan fingerprint density at radius 3 is 2.62 bits per heavy atom. The molecule has 0 saturated heterocycles. The van der Waals surface area contributed by atoms with Gasteiger partial charge in [-0.15, -0.1) is 0 Å². The molecule has 90 valence electrons. The molecule has 16 heavy (non-hydrogen) atoms. The monoisotopic (exact) mass is 225 g/mol. The fourth-order valence-corrected chi connectivity index (χ4v) is 1.23. The van der Waals surface area contributed by atoms with Gasteiger partial charge in [0.25, 0.3) is 0 Å². The Bertz CT molecular complexity index is 342. The first-order chi connectivity index (χ1) is 7.52. The van der Waals surface area contributed by atoms with Crippen molar-refractivity contribution < 1.29 is 10.2 Å². The summed E-state index contributed by atoms with van der Waals surface area (Å²) in [5.74, 6) is 1.73. The number of nitrogens with one attached hydrogen (secondary N) is 1. The summed E-state index contributed by atoms with van der Waals surface area (Å²) < 4.78 is 0. The van der Waals surface area contributed by atoms with Crippen molar-refractivity contribution in [3.8, 4) is 0 Å². The summed E-state index contributed by atoms with van der Waals surface area (Å²) in [7, 11) is 0. The Morgan fingerprint density at radius 1 is 1.38 bits per heavy atom. The van der Waals surface area contributed by atoms with E-state index < -0.39 is 6.10 Å². The van der Waals surface area contributed by atoms with E-state index >= 15 is 0 Å². The fraction of sp³-hybridized carbons (Fsp3) is 0.636. The van der Waals surface area contributed by atoms with Gasteiger partial charge in [0.1, 0.15) is 11.6 Å². The molecule has 0 bridgehead atoms. The molecule has 0 aliphatic carbocycles. The predicted molar refractivity (Wildman–Crippen MR) is 62.4 cm³/mol. The van der Waals surface area contributed by atoms with Gasteiger partial charge in [0.15, 0.2) is 0 Å². The Hall–Kier alpha value is -1.20. The molecule has 0 spiro atoms. The maximum atomic E-state index is 9.21. The van der Waals surface area contributed by atoms with Crippen molar-refractivity contribution in [3.05, 3.63) is 17.6 Å². The highest BCUT2D eigenvalue weighted by molar-refractivity contribution is 5.36. The van der Waals surface area contributed by atoms with Crippen LogP contribution in [0.15, 0.2) is 6.07 Å². The number of aliphatic hydroxyl groups excluding tert-OH is 2. The molecule has 1 atom stereocenters. The second-order valence-electron chi connectivity index (χ2n) is 4.12. The molecule has 1 aromatic heterocycles. The van der Waals surface area contributed by atoms with Gasteiger partial charge in [0, 0.05) is 24.2 Å². The predicted octanol–water partition coefficient (Wildman–Crippen LogP) is 0.674. The Kier molecular flexibility index (Phi) is 4.64. The molecule has 0 aliphatic heterocycles. The molecule has 5 heteroatoms. The van der Waals surface area contributed by atoms with Gasteiger partial charge in [-0.3, -0.25) is 0 Å². The van der Waals surface area contributed by atoms with Crippen LogP contribution in [0.1, 0.15) is 31.3 Å². The van der Waals surface area contributed by atoms with Crippen LogP contribution in [0.5, 0.6) is 0 Å². The zero-order valence-corrected chi connectivity index (χ0v) is 9.94. The minimum absolute atomic E-state index is 0.256. The first-order valence-electron chi connectivity index (χ1n) is 5.41. The Balaban J connectivity index is 2.72. The van der Waals surface area contributed by atoms with Crippen molar-refractivity contribution in [1.82, 2.24) is 9.97 Å². The molecule has 1 rings (SSSR count). The lowest BCUT2D eigenvalue weighted by Gasteiger charge is -2.12. The lowest BCUT2D eigenvalue weighted by molar-refractivity contribution is 0.105. The van der Waals surface area contributed by atoms with Gasteiger partial charge in [-0.25, -0.2) is 9.97 Å². The van der Waals surface area contributed by atoms with E-state index in [1.165, 1.54) is 0 Å². The first kappa shape index (κ1) is 12.9. The molecule has 0 saturated carbocycles. The normalized spacial score (nSPS) is 12.9. The first-order valence-corrected chi connectivity index (χ1v) is 5.41. The minimum atomic E-state index is -0.766. The average molecular weight is 225 g/mol. The number of anilines is 1. The average Bonchev–Trinajstić information content (AvgIpc) is 2.25. The summed E-state index contributed by atoms with van der Waals surface area (Å²) in [6.07, 6.45) is -0.766. The molecule has 1 unspecified atom stereocenters. The van der Waals surface area contributed by atoms with Gasteiger partial charge in [-0.1, -0.05) is 13.8 Å². The lowest BCUT2D eigenvalue weighted by atomic mass is 10.2. The molecule has 0 aromatic carbocycles. The van der Waals surface area contributed by atoms with E-state index in [1.807, 2.05) is 26.8 Å². The largest absolute Gasteiger partial charge is 0.394 e. The number of hydrogen-bond acceptors (Lipinski definition) is 5. The van der Waals surface area contributed by atoms with Gasteiger partial charge < -0.3 is 15.5 Å². The summed E-state index contributed by atoms with van der Waals surface area (Å²) >= 11 is 0. The van der Waals surface area contributed by atoms with Crippen molar-refractivity contribution in [1.29, 1.82) is 0 Å². The zero-order chi connectivity index (χ0) is 12.1. The van der Waals surface area contributed by atoms with Crippen LogP contribution in [0.4, 0.5) is 5.82 Å². The summed E-state index contributed by atoms with van der Waals surface area (Å²) in [5, 5.41) is 20.9. The number of rotatable bonds is 5. The van der Waals surface area contributed by atoms with Gasteiger partial charge >= 0.3 is 0 Å². The molecule has 5 nitrogen and oxygen atoms in total. The van der Waals surface area contributed by atoms with Gasteiger partial charge in [-0.2, -0.15) is 0 Å². The molecule has 1 heterocycles. The Labute approximate surface area is 95.6 Å².